The number of nitrogens with zero attached hydrogens (tertiary/aromatic N) is 1. The maximum Gasteiger partial charge on any atom is 0.143 e. The maximum absolute atomic E-state index is 5.65. The first-order chi connectivity index (χ1) is 6.29. The molecule has 1 rings (SSSR count). The molecule has 0 aliphatic carbocycles. The molecule has 72 valence electrons. The molecule has 0 unspecified atom stereocenters. The Labute approximate surface area is 80.0 Å². The molecule has 0 spiro atoms. The fraction of sp³-hybridized carbons (Fsp3) is 0.545. The van der Waals surface area contributed by atoms with Crippen molar-refractivity contribution in [3.05, 3.63) is 23.5 Å². The summed E-state index contributed by atoms with van der Waals surface area (Å²) in [4.78, 5) is 4.22. The lowest BCUT2D eigenvalue weighted by Gasteiger charge is -2.11. The molecule has 0 saturated heterocycles. The van der Waals surface area contributed by atoms with Crippen molar-refractivity contribution < 1.29 is 4.74 Å². The minimum absolute atomic E-state index is 0.777. The monoisotopic (exact) mass is 179 g/mol. The van der Waals surface area contributed by atoms with Crippen molar-refractivity contribution in [1.82, 2.24) is 4.98 Å². The molecule has 2 nitrogen and oxygen atoms in total. The first-order valence-electron chi connectivity index (χ1n) is 4.86. The van der Waals surface area contributed by atoms with Crippen molar-refractivity contribution in [2.75, 3.05) is 6.61 Å². The number of aryl methyl sites for hydroxylation is 2. The third-order valence-corrected chi connectivity index (χ3v) is 2.00. The highest BCUT2D eigenvalue weighted by atomic mass is 16.5. The zero-order valence-corrected chi connectivity index (χ0v) is 8.63. The van der Waals surface area contributed by atoms with Gasteiger partial charge in [0, 0.05) is 6.20 Å². The quantitative estimate of drug-likeness (QED) is 0.709. The van der Waals surface area contributed by atoms with Gasteiger partial charge in [0.05, 0.1) is 12.3 Å². The fourth-order valence-corrected chi connectivity index (χ4v) is 1.29. The van der Waals surface area contributed by atoms with Crippen molar-refractivity contribution >= 4 is 0 Å². The number of ether oxygens (including phenoxy) is 1. The molecule has 0 radical (unpaired) electrons. The molecule has 1 aromatic rings. The van der Waals surface area contributed by atoms with E-state index in [4.69, 9.17) is 4.74 Å². The van der Waals surface area contributed by atoms with Gasteiger partial charge in [0.2, 0.25) is 0 Å². The lowest BCUT2D eigenvalue weighted by Crippen LogP contribution is -2.01. The Hall–Kier alpha value is -1.05. The lowest BCUT2D eigenvalue weighted by molar-refractivity contribution is 0.310. The van der Waals surface area contributed by atoms with E-state index >= 15 is 0 Å². The van der Waals surface area contributed by atoms with Crippen LogP contribution in [0.1, 0.15) is 31.5 Å². The van der Waals surface area contributed by atoms with Crippen molar-refractivity contribution in [3.63, 3.8) is 0 Å². The zero-order chi connectivity index (χ0) is 9.68. The summed E-state index contributed by atoms with van der Waals surface area (Å²) in [7, 11) is 0. The molecule has 0 bridgehead atoms. The molecule has 0 aliphatic heterocycles. The third-order valence-electron chi connectivity index (χ3n) is 2.00. The average molecular weight is 179 g/mol. The molecule has 0 aliphatic rings. The highest BCUT2D eigenvalue weighted by molar-refractivity contribution is 5.36. The van der Waals surface area contributed by atoms with Crippen LogP contribution in [0.5, 0.6) is 5.75 Å². The molecule has 2 heteroatoms. The molecule has 0 amide bonds. The zero-order valence-electron chi connectivity index (χ0n) is 8.63. The number of hydrogen-bond acceptors (Lipinski definition) is 2. The van der Waals surface area contributed by atoms with Crippen LogP contribution in [0.4, 0.5) is 0 Å². The van der Waals surface area contributed by atoms with E-state index in [0.29, 0.717) is 0 Å². The third kappa shape index (κ3) is 2.44. The van der Waals surface area contributed by atoms with Gasteiger partial charge in [-0.2, -0.15) is 0 Å². The lowest BCUT2D eigenvalue weighted by atomic mass is 10.1. The molecule has 0 atom stereocenters. The second-order valence-electron chi connectivity index (χ2n) is 3.09. The van der Waals surface area contributed by atoms with Gasteiger partial charge in [0.1, 0.15) is 5.75 Å². The van der Waals surface area contributed by atoms with Gasteiger partial charge in [-0.15, -0.1) is 0 Å². The molecule has 0 saturated carbocycles. The summed E-state index contributed by atoms with van der Waals surface area (Å²) >= 11 is 0. The van der Waals surface area contributed by atoms with Gasteiger partial charge in [0.15, 0.2) is 0 Å². The van der Waals surface area contributed by atoms with E-state index in [1.54, 1.807) is 0 Å². The summed E-state index contributed by atoms with van der Waals surface area (Å²) in [6, 6.07) is 2.03. The van der Waals surface area contributed by atoms with Crippen LogP contribution in [0.15, 0.2) is 12.3 Å². The normalized spacial score (nSPS) is 10.1. The van der Waals surface area contributed by atoms with Gasteiger partial charge in [-0.1, -0.05) is 13.8 Å². The Kier molecular flexibility index (Phi) is 3.74. The Balaban J connectivity index is 2.87. The van der Waals surface area contributed by atoms with E-state index < -0.39 is 0 Å². The van der Waals surface area contributed by atoms with Crippen LogP contribution in [0.25, 0.3) is 0 Å². The second-order valence-corrected chi connectivity index (χ2v) is 3.09. The predicted molar refractivity (Wildman–Crippen MR) is 54.1 cm³/mol. The van der Waals surface area contributed by atoms with E-state index in [1.807, 2.05) is 19.2 Å². The smallest absolute Gasteiger partial charge is 0.143 e. The van der Waals surface area contributed by atoms with Crippen LogP contribution in [0.3, 0.4) is 0 Å². The van der Waals surface area contributed by atoms with Crippen LogP contribution in [0, 0.1) is 6.92 Å². The van der Waals surface area contributed by atoms with Gasteiger partial charge in [-0.05, 0) is 31.4 Å². The van der Waals surface area contributed by atoms with Crippen LogP contribution in [-0.4, -0.2) is 11.6 Å². The SMILES string of the molecule is CCCOc1c(CC)ccnc1C. The first-order valence-corrected chi connectivity index (χ1v) is 4.86. The topological polar surface area (TPSA) is 22.1 Å². The molecule has 0 fully saturated rings. The average Bonchev–Trinajstić information content (AvgIpc) is 2.15. The molecule has 0 N–H and O–H groups in total. The molecular weight excluding hydrogens is 162 g/mol. The Bertz CT molecular complexity index is 271. The molecule has 1 aromatic heterocycles. The van der Waals surface area contributed by atoms with Crippen LogP contribution in [0.2, 0.25) is 0 Å². The predicted octanol–water partition coefficient (Wildman–Crippen LogP) is 2.74. The van der Waals surface area contributed by atoms with Crippen LogP contribution < -0.4 is 4.74 Å². The van der Waals surface area contributed by atoms with Gasteiger partial charge in [0.25, 0.3) is 0 Å². The van der Waals surface area contributed by atoms with E-state index in [0.717, 1.165) is 30.9 Å². The van der Waals surface area contributed by atoms with Crippen LogP contribution in [-0.2, 0) is 6.42 Å². The summed E-state index contributed by atoms with van der Waals surface area (Å²) in [6.45, 7) is 7.01. The Morgan fingerprint density at radius 3 is 2.77 bits per heavy atom. The van der Waals surface area contributed by atoms with E-state index in [-0.39, 0.29) is 0 Å². The summed E-state index contributed by atoms with van der Waals surface area (Å²) in [5.74, 6) is 0.979. The Morgan fingerprint density at radius 1 is 1.38 bits per heavy atom. The van der Waals surface area contributed by atoms with Gasteiger partial charge in [-0.25, -0.2) is 0 Å². The molecular formula is C11H17NO. The number of hydrogen-bond donors (Lipinski definition) is 0. The number of aromatic nitrogens is 1. The standard InChI is InChI=1S/C11H17NO/c1-4-8-13-11-9(3)12-7-6-10(11)5-2/h6-7H,4-5,8H2,1-3H3. The van der Waals surface area contributed by atoms with E-state index in [9.17, 15) is 0 Å². The van der Waals surface area contributed by atoms with E-state index in [2.05, 4.69) is 18.8 Å². The van der Waals surface area contributed by atoms with Crippen molar-refractivity contribution in [2.45, 2.75) is 33.6 Å². The fourth-order valence-electron chi connectivity index (χ4n) is 1.29. The van der Waals surface area contributed by atoms with Gasteiger partial charge in [-0.3, -0.25) is 4.98 Å². The second kappa shape index (κ2) is 4.85. The summed E-state index contributed by atoms with van der Waals surface area (Å²) in [6.07, 6.45) is 3.88. The van der Waals surface area contributed by atoms with Gasteiger partial charge >= 0.3 is 0 Å². The van der Waals surface area contributed by atoms with Crippen molar-refractivity contribution in [1.29, 1.82) is 0 Å². The number of rotatable bonds is 4. The summed E-state index contributed by atoms with van der Waals surface area (Å²) in [5, 5.41) is 0. The Morgan fingerprint density at radius 2 is 2.15 bits per heavy atom. The molecule has 13 heavy (non-hydrogen) atoms. The first kappa shape index (κ1) is 10.0. The van der Waals surface area contributed by atoms with Gasteiger partial charge < -0.3 is 4.74 Å². The summed E-state index contributed by atoms with van der Waals surface area (Å²) < 4.78 is 5.65. The minimum atomic E-state index is 0.777. The molecule has 1 heterocycles. The van der Waals surface area contributed by atoms with Crippen molar-refractivity contribution in [2.24, 2.45) is 0 Å². The minimum Gasteiger partial charge on any atom is -0.491 e. The summed E-state index contributed by atoms with van der Waals surface area (Å²) in [5.41, 5.74) is 2.24. The highest BCUT2D eigenvalue weighted by Crippen LogP contribution is 2.21. The largest absolute Gasteiger partial charge is 0.491 e. The van der Waals surface area contributed by atoms with Crippen LogP contribution >= 0.6 is 0 Å². The number of pyridine rings is 1. The molecule has 0 aromatic carbocycles. The van der Waals surface area contributed by atoms with Crippen molar-refractivity contribution in [3.8, 4) is 5.75 Å². The maximum atomic E-state index is 5.65. The highest BCUT2D eigenvalue weighted by Gasteiger charge is 2.05. The van der Waals surface area contributed by atoms with E-state index in [1.165, 1.54) is 5.56 Å².